The van der Waals surface area contributed by atoms with Gasteiger partial charge in [-0.25, -0.2) is 12.8 Å². The van der Waals surface area contributed by atoms with Crippen LogP contribution in [0.15, 0.2) is 18.2 Å². The average molecular weight is 364 g/mol. The molecule has 0 atom stereocenters. The van der Waals surface area contributed by atoms with Gasteiger partial charge in [0.1, 0.15) is 5.82 Å². The summed E-state index contributed by atoms with van der Waals surface area (Å²) in [6.45, 7) is 2.24. The van der Waals surface area contributed by atoms with Crippen LogP contribution in [-0.4, -0.2) is 62.5 Å². The van der Waals surface area contributed by atoms with E-state index in [2.05, 4.69) is 10.2 Å². The van der Waals surface area contributed by atoms with Crippen molar-refractivity contribution < 1.29 is 17.6 Å². The molecule has 0 saturated carbocycles. The highest BCUT2D eigenvalue weighted by Crippen LogP contribution is 2.19. The first kappa shape index (κ1) is 18.1. The van der Waals surface area contributed by atoms with Gasteiger partial charge in [0.15, 0.2) is 0 Å². The van der Waals surface area contributed by atoms with Crippen LogP contribution < -0.4 is 5.32 Å². The number of amides is 1. The monoisotopic (exact) mass is 363 g/mol. The molecule has 2 rings (SSSR count). The predicted molar refractivity (Wildman–Crippen MR) is 87.5 cm³/mol. The maximum absolute atomic E-state index is 13.0. The van der Waals surface area contributed by atoms with Crippen molar-refractivity contribution in [2.75, 3.05) is 44.3 Å². The van der Waals surface area contributed by atoms with Crippen LogP contribution in [-0.2, 0) is 14.8 Å². The second-order valence-corrected chi connectivity index (χ2v) is 7.94. The van der Waals surface area contributed by atoms with Crippen molar-refractivity contribution in [3.63, 3.8) is 0 Å². The van der Waals surface area contributed by atoms with E-state index in [1.807, 2.05) is 7.05 Å². The normalized spacial score (nSPS) is 17.2. The summed E-state index contributed by atoms with van der Waals surface area (Å²) in [7, 11) is -1.51. The molecule has 9 heteroatoms. The third-order valence-electron chi connectivity index (χ3n) is 3.65. The van der Waals surface area contributed by atoms with Gasteiger partial charge in [-0.15, -0.1) is 0 Å². The summed E-state index contributed by atoms with van der Waals surface area (Å²) < 4.78 is 38.9. The van der Waals surface area contributed by atoms with E-state index >= 15 is 0 Å². The van der Waals surface area contributed by atoms with Crippen molar-refractivity contribution in [3.8, 4) is 0 Å². The Bertz CT molecular complexity index is 676. The second kappa shape index (κ2) is 7.57. The van der Waals surface area contributed by atoms with Gasteiger partial charge in [-0.3, -0.25) is 4.79 Å². The fraction of sp³-hybridized carbons (Fsp3) is 0.500. The summed E-state index contributed by atoms with van der Waals surface area (Å²) in [5.41, 5.74) is 0.332. The molecule has 1 aromatic carbocycles. The van der Waals surface area contributed by atoms with E-state index in [0.29, 0.717) is 31.9 Å². The van der Waals surface area contributed by atoms with Crippen LogP contribution in [0.4, 0.5) is 10.1 Å². The summed E-state index contributed by atoms with van der Waals surface area (Å²) in [6, 6.07) is 3.79. The van der Waals surface area contributed by atoms with Crippen molar-refractivity contribution in [2.24, 2.45) is 0 Å². The van der Waals surface area contributed by atoms with E-state index in [1.165, 1.54) is 16.4 Å². The zero-order valence-electron chi connectivity index (χ0n) is 12.8. The summed E-state index contributed by atoms with van der Waals surface area (Å²) in [5, 5.41) is 2.41. The van der Waals surface area contributed by atoms with Crippen LogP contribution in [0.25, 0.3) is 0 Å². The Morgan fingerprint density at radius 1 is 1.30 bits per heavy atom. The lowest BCUT2D eigenvalue weighted by Crippen LogP contribution is -2.47. The molecule has 0 aliphatic carbocycles. The fourth-order valence-corrected chi connectivity index (χ4v) is 3.82. The number of sulfonamides is 1. The molecule has 1 amide bonds. The quantitative estimate of drug-likeness (QED) is 0.858. The third-order valence-corrected chi connectivity index (χ3v) is 5.81. The molecule has 0 aromatic heterocycles. The molecule has 1 fully saturated rings. The van der Waals surface area contributed by atoms with Crippen LogP contribution in [0.1, 0.15) is 6.42 Å². The van der Waals surface area contributed by atoms with E-state index in [-0.39, 0.29) is 17.2 Å². The summed E-state index contributed by atoms with van der Waals surface area (Å²) in [5.74, 6) is -1.29. The SMILES string of the molecule is CN1CCN(S(=O)(=O)CCC(=O)Nc2ccc(F)c(Cl)c2)CC1. The number of hydrogen-bond acceptors (Lipinski definition) is 4. The molecular weight excluding hydrogens is 345 g/mol. The minimum atomic E-state index is -3.45. The number of piperazine rings is 1. The minimum Gasteiger partial charge on any atom is -0.326 e. The number of carbonyl (C=O) groups excluding carboxylic acids is 1. The third kappa shape index (κ3) is 5.13. The van der Waals surface area contributed by atoms with Crippen LogP contribution >= 0.6 is 11.6 Å². The summed E-state index contributed by atoms with van der Waals surface area (Å²) in [4.78, 5) is 13.9. The molecule has 1 heterocycles. The first-order valence-electron chi connectivity index (χ1n) is 7.19. The predicted octanol–water partition coefficient (Wildman–Crippen LogP) is 1.38. The van der Waals surface area contributed by atoms with Gasteiger partial charge < -0.3 is 10.2 Å². The standard InChI is InChI=1S/C14H19ClFN3O3S/c1-18-5-7-19(8-6-18)23(21,22)9-4-14(20)17-11-2-3-13(16)12(15)10-11/h2-3,10H,4-9H2,1H3,(H,17,20). The maximum Gasteiger partial charge on any atom is 0.225 e. The Morgan fingerprint density at radius 3 is 2.57 bits per heavy atom. The van der Waals surface area contributed by atoms with E-state index in [1.54, 1.807) is 0 Å². The number of nitrogens with zero attached hydrogens (tertiary/aromatic N) is 2. The van der Waals surface area contributed by atoms with Crippen molar-refractivity contribution >= 4 is 33.2 Å². The molecular formula is C14H19ClFN3O3S. The molecule has 1 aliphatic heterocycles. The molecule has 128 valence electrons. The smallest absolute Gasteiger partial charge is 0.225 e. The van der Waals surface area contributed by atoms with Crippen LogP contribution in [0.5, 0.6) is 0 Å². The van der Waals surface area contributed by atoms with Gasteiger partial charge in [0.2, 0.25) is 15.9 Å². The summed E-state index contributed by atoms with van der Waals surface area (Å²) >= 11 is 5.63. The average Bonchev–Trinajstić information content (AvgIpc) is 2.50. The lowest BCUT2D eigenvalue weighted by molar-refractivity contribution is -0.115. The van der Waals surface area contributed by atoms with Gasteiger partial charge in [-0.05, 0) is 25.2 Å². The van der Waals surface area contributed by atoms with Gasteiger partial charge >= 0.3 is 0 Å². The summed E-state index contributed by atoms with van der Waals surface area (Å²) in [6.07, 6.45) is -0.163. The van der Waals surface area contributed by atoms with E-state index in [0.717, 1.165) is 6.07 Å². The molecule has 6 nitrogen and oxygen atoms in total. The van der Waals surface area contributed by atoms with Crippen molar-refractivity contribution in [3.05, 3.63) is 29.0 Å². The van der Waals surface area contributed by atoms with E-state index in [9.17, 15) is 17.6 Å². The highest BCUT2D eigenvalue weighted by Gasteiger charge is 2.26. The van der Waals surface area contributed by atoms with Gasteiger partial charge in [-0.1, -0.05) is 11.6 Å². The first-order chi connectivity index (χ1) is 10.8. The van der Waals surface area contributed by atoms with Crippen molar-refractivity contribution in [1.29, 1.82) is 0 Å². The number of nitrogens with one attached hydrogen (secondary N) is 1. The highest BCUT2D eigenvalue weighted by atomic mass is 35.5. The Morgan fingerprint density at radius 2 is 1.96 bits per heavy atom. The van der Waals surface area contributed by atoms with Gasteiger partial charge in [0.05, 0.1) is 10.8 Å². The Hall–Kier alpha value is -1.22. The number of rotatable bonds is 5. The van der Waals surface area contributed by atoms with Crippen molar-refractivity contribution in [2.45, 2.75) is 6.42 Å². The molecule has 23 heavy (non-hydrogen) atoms. The zero-order chi connectivity index (χ0) is 17.0. The minimum absolute atomic E-state index is 0.104. The maximum atomic E-state index is 13.0. The zero-order valence-corrected chi connectivity index (χ0v) is 14.3. The van der Waals surface area contributed by atoms with E-state index < -0.39 is 21.7 Å². The van der Waals surface area contributed by atoms with Gasteiger partial charge in [-0.2, -0.15) is 4.31 Å². The van der Waals surface area contributed by atoms with Crippen LogP contribution in [0.2, 0.25) is 5.02 Å². The number of hydrogen-bond donors (Lipinski definition) is 1. The van der Waals surface area contributed by atoms with E-state index in [4.69, 9.17) is 11.6 Å². The molecule has 1 N–H and O–H groups in total. The number of carbonyl (C=O) groups is 1. The first-order valence-corrected chi connectivity index (χ1v) is 9.18. The number of anilines is 1. The van der Waals surface area contributed by atoms with Crippen LogP contribution in [0, 0.1) is 5.82 Å². The molecule has 0 spiro atoms. The molecule has 1 aliphatic rings. The lowest BCUT2D eigenvalue weighted by Gasteiger charge is -2.31. The molecule has 0 radical (unpaired) electrons. The second-order valence-electron chi connectivity index (χ2n) is 5.45. The van der Waals surface area contributed by atoms with Gasteiger partial charge in [0, 0.05) is 38.3 Å². The molecule has 1 saturated heterocycles. The van der Waals surface area contributed by atoms with Gasteiger partial charge in [0.25, 0.3) is 0 Å². The van der Waals surface area contributed by atoms with Crippen LogP contribution in [0.3, 0.4) is 0 Å². The van der Waals surface area contributed by atoms with Crippen molar-refractivity contribution in [1.82, 2.24) is 9.21 Å². The molecule has 0 unspecified atom stereocenters. The Labute approximate surface area is 140 Å². The fourth-order valence-electron chi connectivity index (χ4n) is 2.21. The topological polar surface area (TPSA) is 69.7 Å². The number of halogens is 2. The number of likely N-dealkylation sites (N-methyl/N-ethyl adjacent to an activating group) is 1. The lowest BCUT2D eigenvalue weighted by atomic mass is 10.3. The molecule has 0 bridgehead atoms. The Kier molecular flexibility index (Phi) is 5.96. The molecule has 1 aromatic rings. The highest BCUT2D eigenvalue weighted by molar-refractivity contribution is 7.89. The number of benzene rings is 1. The largest absolute Gasteiger partial charge is 0.326 e. The Balaban J connectivity index is 1.86.